The van der Waals surface area contributed by atoms with Crippen molar-refractivity contribution in [2.45, 2.75) is 19.8 Å². The molecule has 0 amide bonds. The fourth-order valence-electron chi connectivity index (χ4n) is 1.08. The lowest BCUT2D eigenvalue weighted by Crippen LogP contribution is -1.85. The van der Waals surface area contributed by atoms with Crippen LogP contribution in [0.5, 0.6) is 0 Å². The van der Waals surface area contributed by atoms with Gasteiger partial charge in [0, 0.05) is 11.8 Å². The van der Waals surface area contributed by atoms with Gasteiger partial charge in [0.15, 0.2) is 0 Å². The van der Waals surface area contributed by atoms with Gasteiger partial charge in [0.1, 0.15) is 11.5 Å². The summed E-state index contributed by atoms with van der Waals surface area (Å²) in [5.41, 5.74) is 2.63. The Kier molecular flexibility index (Phi) is 2.35. The van der Waals surface area contributed by atoms with Gasteiger partial charge in [0.05, 0.1) is 5.51 Å². The van der Waals surface area contributed by atoms with E-state index in [1.165, 1.54) is 0 Å². The summed E-state index contributed by atoms with van der Waals surface area (Å²) in [4.78, 5) is 8.45. The van der Waals surface area contributed by atoms with Crippen LogP contribution in [0, 0.1) is 0 Å². The van der Waals surface area contributed by atoms with E-state index in [-0.39, 0.29) is 0 Å². The molecule has 2 heterocycles. The maximum absolute atomic E-state index is 4.32. The first-order valence-electron chi connectivity index (χ1n) is 4.20. The molecule has 4 nitrogen and oxygen atoms in total. The van der Waals surface area contributed by atoms with Crippen molar-refractivity contribution in [1.82, 2.24) is 20.2 Å². The van der Waals surface area contributed by atoms with E-state index in [1.54, 1.807) is 16.8 Å². The second-order valence-corrected chi connectivity index (χ2v) is 3.45. The zero-order valence-corrected chi connectivity index (χ0v) is 8.14. The predicted molar refractivity (Wildman–Crippen MR) is 51.5 cm³/mol. The van der Waals surface area contributed by atoms with Gasteiger partial charge in [-0.3, -0.25) is 5.10 Å². The zero-order chi connectivity index (χ0) is 9.10. The predicted octanol–water partition coefficient (Wildman–Crippen LogP) is 1.88. The number of hydrogen-bond acceptors (Lipinski definition) is 4. The third-order valence-electron chi connectivity index (χ3n) is 1.68. The molecule has 0 bridgehead atoms. The summed E-state index contributed by atoms with van der Waals surface area (Å²) in [6.07, 6.45) is 2.02. The van der Waals surface area contributed by atoms with Crippen LogP contribution in [-0.4, -0.2) is 20.2 Å². The lowest BCUT2D eigenvalue weighted by molar-refractivity contribution is 0.841. The second kappa shape index (κ2) is 3.66. The molecular weight excluding hydrogens is 184 g/mol. The van der Waals surface area contributed by atoms with Gasteiger partial charge in [-0.25, -0.2) is 9.97 Å². The van der Waals surface area contributed by atoms with Gasteiger partial charge in [0.25, 0.3) is 0 Å². The van der Waals surface area contributed by atoms with E-state index in [9.17, 15) is 0 Å². The highest BCUT2D eigenvalue weighted by Gasteiger charge is 2.05. The Hall–Kier alpha value is -1.23. The number of H-pyrrole nitrogens is 1. The standard InChI is InChI=1S/C8H10N4S/c1-2-3-7-10-8(12-11-7)6-4-13-5-9-6/h4-5H,2-3H2,1H3,(H,10,11,12). The Morgan fingerprint density at radius 1 is 1.54 bits per heavy atom. The van der Waals surface area contributed by atoms with Gasteiger partial charge in [0.2, 0.25) is 5.82 Å². The van der Waals surface area contributed by atoms with Crippen molar-refractivity contribution in [2.24, 2.45) is 0 Å². The summed E-state index contributed by atoms with van der Waals surface area (Å²) in [6, 6.07) is 0. The van der Waals surface area contributed by atoms with Crippen LogP contribution < -0.4 is 0 Å². The van der Waals surface area contributed by atoms with Crippen LogP contribution >= 0.6 is 11.3 Å². The Balaban J connectivity index is 2.23. The summed E-state index contributed by atoms with van der Waals surface area (Å²) < 4.78 is 0. The molecule has 0 atom stereocenters. The van der Waals surface area contributed by atoms with Crippen molar-refractivity contribution in [3.63, 3.8) is 0 Å². The molecule has 0 aliphatic carbocycles. The maximum atomic E-state index is 4.32. The van der Waals surface area contributed by atoms with E-state index in [4.69, 9.17) is 0 Å². The molecule has 0 fully saturated rings. The van der Waals surface area contributed by atoms with E-state index >= 15 is 0 Å². The van der Waals surface area contributed by atoms with Gasteiger partial charge in [-0.05, 0) is 6.42 Å². The molecule has 13 heavy (non-hydrogen) atoms. The molecule has 0 aliphatic rings. The number of rotatable bonds is 3. The van der Waals surface area contributed by atoms with Gasteiger partial charge < -0.3 is 0 Å². The lowest BCUT2D eigenvalue weighted by atomic mass is 10.3. The monoisotopic (exact) mass is 194 g/mol. The number of aromatic nitrogens is 4. The third-order valence-corrected chi connectivity index (χ3v) is 2.27. The molecule has 68 valence electrons. The van der Waals surface area contributed by atoms with Crippen LogP contribution in [0.15, 0.2) is 10.9 Å². The van der Waals surface area contributed by atoms with Gasteiger partial charge in [-0.1, -0.05) is 6.92 Å². The van der Waals surface area contributed by atoms with Gasteiger partial charge in [-0.15, -0.1) is 11.3 Å². The molecule has 0 saturated heterocycles. The van der Waals surface area contributed by atoms with Crippen LogP contribution in [0.2, 0.25) is 0 Å². The SMILES string of the molecule is CCCc1nc(-c2cscn2)n[nH]1. The quantitative estimate of drug-likeness (QED) is 0.811. The lowest BCUT2D eigenvalue weighted by Gasteiger charge is -1.86. The average molecular weight is 194 g/mol. The van der Waals surface area contributed by atoms with E-state index in [1.807, 2.05) is 5.38 Å². The molecule has 2 aromatic heterocycles. The molecule has 0 saturated carbocycles. The fraction of sp³-hybridized carbons (Fsp3) is 0.375. The van der Waals surface area contributed by atoms with Gasteiger partial charge >= 0.3 is 0 Å². The van der Waals surface area contributed by atoms with Crippen LogP contribution in [0.3, 0.4) is 0 Å². The topological polar surface area (TPSA) is 54.5 Å². The first kappa shape index (κ1) is 8.37. The summed E-state index contributed by atoms with van der Waals surface area (Å²) in [5, 5.41) is 8.93. The molecule has 0 aromatic carbocycles. The Morgan fingerprint density at radius 3 is 3.15 bits per heavy atom. The minimum absolute atomic E-state index is 0.699. The van der Waals surface area contributed by atoms with Gasteiger partial charge in [-0.2, -0.15) is 5.10 Å². The maximum Gasteiger partial charge on any atom is 0.200 e. The van der Waals surface area contributed by atoms with E-state index < -0.39 is 0 Å². The normalized spacial score (nSPS) is 10.5. The molecule has 2 aromatic rings. The average Bonchev–Trinajstić information content (AvgIpc) is 2.70. The third kappa shape index (κ3) is 1.75. The molecule has 0 aliphatic heterocycles. The summed E-state index contributed by atoms with van der Waals surface area (Å²) in [6.45, 7) is 2.12. The Bertz CT molecular complexity index is 365. The molecule has 5 heteroatoms. The summed E-state index contributed by atoms with van der Waals surface area (Å²) in [5.74, 6) is 1.63. The second-order valence-electron chi connectivity index (χ2n) is 2.73. The first-order valence-corrected chi connectivity index (χ1v) is 5.14. The van der Waals surface area contributed by atoms with Crippen molar-refractivity contribution in [3.8, 4) is 11.5 Å². The number of nitrogens with one attached hydrogen (secondary N) is 1. The van der Waals surface area contributed by atoms with Crippen LogP contribution in [0.4, 0.5) is 0 Å². The number of aryl methyl sites for hydroxylation is 1. The molecule has 0 spiro atoms. The largest absolute Gasteiger partial charge is 0.263 e. The highest BCUT2D eigenvalue weighted by molar-refractivity contribution is 7.07. The van der Waals surface area contributed by atoms with E-state index in [0.717, 1.165) is 24.4 Å². The zero-order valence-electron chi connectivity index (χ0n) is 7.32. The Labute approximate surface area is 80.1 Å². The molecular formula is C8H10N4S. The minimum atomic E-state index is 0.699. The smallest absolute Gasteiger partial charge is 0.200 e. The minimum Gasteiger partial charge on any atom is -0.263 e. The summed E-state index contributed by atoms with van der Waals surface area (Å²) in [7, 11) is 0. The molecule has 0 unspecified atom stereocenters. The number of thiazole rings is 1. The van der Waals surface area contributed by atoms with Crippen molar-refractivity contribution < 1.29 is 0 Å². The van der Waals surface area contributed by atoms with Crippen molar-refractivity contribution >= 4 is 11.3 Å². The molecule has 2 rings (SSSR count). The van der Waals surface area contributed by atoms with Crippen LogP contribution in [0.25, 0.3) is 11.5 Å². The van der Waals surface area contributed by atoms with Crippen LogP contribution in [-0.2, 0) is 6.42 Å². The van der Waals surface area contributed by atoms with E-state index in [2.05, 4.69) is 27.1 Å². The number of nitrogens with zero attached hydrogens (tertiary/aromatic N) is 3. The highest BCUT2D eigenvalue weighted by atomic mass is 32.1. The summed E-state index contributed by atoms with van der Waals surface area (Å²) >= 11 is 1.55. The molecule has 0 radical (unpaired) electrons. The number of hydrogen-bond donors (Lipinski definition) is 1. The first-order chi connectivity index (χ1) is 6.40. The number of aromatic amines is 1. The van der Waals surface area contributed by atoms with Crippen molar-refractivity contribution in [2.75, 3.05) is 0 Å². The fourth-order valence-corrected chi connectivity index (χ4v) is 1.61. The van der Waals surface area contributed by atoms with Crippen molar-refractivity contribution in [3.05, 3.63) is 16.7 Å². The highest BCUT2D eigenvalue weighted by Crippen LogP contribution is 2.13. The molecule has 1 N–H and O–H groups in total. The van der Waals surface area contributed by atoms with Crippen molar-refractivity contribution in [1.29, 1.82) is 0 Å². The van der Waals surface area contributed by atoms with E-state index in [0.29, 0.717) is 5.82 Å². The van der Waals surface area contributed by atoms with Crippen LogP contribution in [0.1, 0.15) is 19.2 Å². The Morgan fingerprint density at radius 2 is 2.46 bits per heavy atom.